The number of hydrogen-bond donors (Lipinski definition) is 5. The van der Waals surface area contributed by atoms with Gasteiger partial charge in [0.2, 0.25) is 5.78 Å². The van der Waals surface area contributed by atoms with Crippen molar-refractivity contribution in [3.63, 3.8) is 0 Å². The Bertz CT molecular complexity index is 1310. The van der Waals surface area contributed by atoms with Crippen molar-refractivity contribution in [3.05, 3.63) is 45.7 Å². The molecule has 0 aliphatic heterocycles. The molecule has 10 heteroatoms. The topological polar surface area (TPSA) is 165 Å². The molecule has 1 saturated carbocycles. The second kappa shape index (κ2) is 8.78. The van der Waals surface area contributed by atoms with Crippen LogP contribution in [0, 0.1) is 23.7 Å². The van der Waals surface area contributed by atoms with Crippen LogP contribution in [0.3, 0.4) is 0 Å². The van der Waals surface area contributed by atoms with Crippen LogP contribution in [-0.2, 0) is 20.8 Å². The van der Waals surface area contributed by atoms with E-state index >= 15 is 0 Å². The summed E-state index contributed by atoms with van der Waals surface area (Å²) in [5.41, 5.74) is 2.81. The van der Waals surface area contributed by atoms with E-state index in [2.05, 4.69) is 11.8 Å². The predicted octanol–water partition coefficient (Wildman–Crippen LogP) is -0.123. The van der Waals surface area contributed by atoms with Crippen LogP contribution in [0.15, 0.2) is 29.0 Å². The van der Waals surface area contributed by atoms with Crippen molar-refractivity contribution in [1.29, 1.82) is 0 Å². The highest BCUT2D eigenvalue weighted by Crippen LogP contribution is 2.52. The highest BCUT2D eigenvalue weighted by molar-refractivity contribution is 6.24. The monoisotopic (exact) mass is 495 g/mol. The van der Waals surface area contributed by atoms with E-state index in [1.165, 1.54) is 11.0 Å². The Hall–Kier alpha value is -3.65. The molecule has 1 aromatic rings. The third kappa shape index (κ3) is 3.59. The first-order valence-corrected chi connectivity index (χ1v) is 11.5. The second-order valence-corrected chi connectivity index (χ2v) is 9.99. The number of aromatic hydroxyl groups is 1. The van der Waals surface area contributed by atoms with E-state index in [9.17, 15) is 34.8 Å². The molecule has 0 aromatic heterocycles. The number of nitrogens with zero attached hydrogens (tertiary/aromatic N) is 2. The van der Waals surface area contributed by atoms with Crippen LogP contribution in [0.5, 0.6) is 5.75 Å². The van der Waals surface area contributed by atoms with Crippen molar-refractivity contribution in [2.24, 2.45) is 17.6 Å². The number of primary amides is 1. The maximum absolute atomic E-state index is 13.8. The summed E-state index contributed by atoms with van der Waals surface area (Å²) in [4.78, 5) is 42.3. The molecule has 0 radical (unpaired) electrons. The molecule has 0 unspecified atom stereocenters. The maximum atomic E-state index is 13.8. The Kier molecular flexibility index (Phi) is 6.21. The molecule has 1 aromatic carbocycles. The largest absolute Gasteiger partial charge is 0.508 e. The minimum Gasteiger partial charge on any atom is -0.508 e. The maximum Gasteiger partial charge on any atom is 0.255 e. The number of phenolic OH excluding ortho intramolecular Hbond substituents is 1. The zero-order valence-electron chi connectivity index (χ0n) is 20.5. The third-order valence-corrected chi connectivity index (χ3v) is 7.22. The third-order valence-electron chi connectivity index (χ3n) is 7.22. The first-order chi connectivity index (χ1) is 16.8. The van der Waals surface area contributed by atoms with Gasteiger partial charge in [-0.25, -0.2) is 0 Å². The van der Waals surface area contributed by atoms with Gasteiger partial charge in [0.1, 0.15) is 22.8 Å². The van der Waals surface area contributed by atoms with Crippen LogP contribution < -0.4 is 5.73 Å². The van der Waals surface area contributed by atoms with Gasteiger partial charge < -0.3 is 26.2 Å². The first kappa shape index (κ1) is 25.4. The molecule has 0 bridgehead atoms. The average molecular weight is 496 g/mol. The van der Waals surface area contributed by atoms with Gasteiger partial charge in [0.05, 0.1) is 18.2 Å². The molecule has 6 N–H and O–H groups in total. The number of hydrogen-bond acceptors (Lipinski definition) is 9. The normalized spacial score (nSPS) is 27.5. The van der Waals surface area contributed by atoms with E-state index in [0.29, 0.717) is 17.7 Å². The molecule has 190 valence electrons. The molecule has 1 amide bonds. The lowest BCUT2D eigenvalue weighted by atomic mass is 9.57. The molecule has 0 heterocycles. The number of aliphatic hydroxyl groups excluding tert-OH is 2. The Morgan fingerprint density at radius 2 is 1.83 bits per heavy atom. The molecular weight excluding hydrogens is 466 g/mol. The lowest BCUT2D eigenvalue weighted by molar-refractivity contribution is -0.153. The minimum atomic E-state index is -2.65. The van der Waals surface area contributed by atoms with Crippen LogP contribution in [0.25, 0.3) is 5.76 Å². The lowest BCUT2D eigenvalue weighted by Crippen LogP contribution is -2.65. The highest BCUT2D eigenvalue weighted by atomic mass is 16.3. The molecule has 1 fully saturated rings. The molecule has 10 nitrogen and oxygen atoms in total. The van der Waals surface area contributed by atoms with E-state index in [4.69, 9.17) is 5.73 Å². The van der Waals surface area contributed by atoms with Crippen molar-refractivity contribution in [1.82, 2.24) is 9.80 Å². The molecule has 4 rings (SSSR count). The van der Waals surface area contributed by atoms with Crippen LogP contribution in [-0.4, -0.2) is 94.1 Å². The standard InChI is InChI=1S/C26H29N3O7/c1-28(2)9-5-6-12-7-8-16(30)18-14(12)10-13-11-15-20(29(3)4)22(32)19(25(27)35)24(34)26(15,36)23(33)17(13)21(18)31/h7-8,13,15,20,30-31,34,36H,9-11H2,1-4H3,(H2,27,35)/t13-,15+,20+,26-/m1/s1. The van der Waals surface area contributed by atoms with Gasteiger partial charge in [-0.3, -0.25) is 24.2 Å². The molecule has 0 spiro atoms. The van der Waals surface area contributed by atoms with Gasteiger partial charge in [-0.1, -0.05) is 11.8 Å². The van der Waals surface area contributed by atoms with E-state index in [1.54, 1.807) is 20.2 Å². The van der Waals surface area contributed by atoms with Gasteiger partial charge in [-0.05, 0) is 64.6 Å². The number of nitrogens with two attached hydrogens (primary N) is 1. The van der Waals surface area contributed by atoms with Crippen LogP contribution in [0.1, 0.15) is 23.1 Å². The molecule has 3 aliphatic carbocycles. The Morgan fingerprint density at radius 1 is 1.17 bits per heavy atom. The van der Waals surface area contributed by atoms with E-state index < -0.39 is 58.0 Å². The van der Waals surface area contributed by atoms with Crippen molar-refractivity contribution in [3.8, 4) is 17.6 Å². The molecular formula is C26H29N3O7. The van der Waals surface area contributed by atoms with Gasteiger partial charge in [0, 0.05) is 17.1 Å². The van der Waals surface area contributed by atoms with Gasteiger partial charge in [0.15, 0.2) is 11.4 Å². The van der Waals surface area contributed by atoms with Crippen LogP contribution in [0.4, 0.5) is 0 Å². The number of carbonyl (C=O) groups excluding carboxylic acids is 3. The summed E-state index contributed by atoms with van der Waals surface area (Å²) in [6, 6.07) is 1.88. The summed E-state index contributed by atoms with van der Waals surface area (Å²) < 4.78 is 0. The molecule has 0 saturated heterocycles. The van der Waals surface area contributed by atoms with Gasteiger partial charge in [-0.15, -0.1) is 0 Å². The van der Waals surface area contributed by atoms with E-state index in [1.807, 2.05) is 19.0 Å². The number of ketones is 2. The fourth-order valence-corrected chi connectivity index (χ4v) is 5.65. The fourth-order valence-electron chi connectivity index (χ4n) is 5.65. The Balaban J connectivity index is 1.93. The zero-order chi connectivity index (χ0) is 26.7. The first-order valence-electron chi connectivity index (χ1n) is 11.5. The predicted molar refractivity (Wildman–Crippen MR) is 130 cm³/mol. The molecule has 36 heavy (non-hydrogen) atoms. The van der Waals surface area contributed by atoms with Crippen molar-refractivity contribution >= 4 is 23.2 Å². The molecule has 3 aliphatic rings. The van der Waals surface area contributed by atoms with Crippen molar-refractivity contribution in [2.45, 2.75) is 24.5 Å². The quantitative estimate of drug-likeness (QED) is 0.284. The summed E-state index contributed by atoms with van der Waals surface area (Å²) in [6.45, 7) is 0.486. The van der Waals surface area contributed by atoms with Gasteiger partial charge in [0.25, 0.3) is 5.91 Å². The lowest BCUT2D eigenvalue weighted by Gasteiger charge is -2.50. The summed E-state index contributed by atoms with van der Waals surface area (Å²) in [5, 5.41) is 44.2. The number of amides is 1. The Labute approximate surface area is 208 Å². The van der Waals surface area contributed by atoms with E-state index in [-0.39, 0.29) is 29.7 Å². The zero-order valence-corrected chi connectivity index (χ0v) is 20.5. The Morgan fingerprint density at radius 3 is 2.42 bits per heavy atom. The number of rotatable bonds is 3. The average Bonchev–Trinajstić information content (AvgIpc) is 2.77. The SMILES string of the molecule is CN(C)CC#Cc1ccc(O)c2c1C[C@@H]1C[C@H]3[C@H](N(C)C)C(=O)C(C(N)=O)=C(O)[C@]3(O)C(=O)C1=C2O. The number of carbonyl (C=O) groups is 3. The number of Topliss-reactive ketones (excluding diaryl/α,β-unsaturated/α-hetero) is 2. The summed E-state index contributed by atoms with van der Waals surface area (Å²) in [5.74, 6) is -0.664. The fraction of sp³-hybridized carbons (Fsp3) is 0.423. The van der Waals surface area contributed by atoms with E-state index in [0.717, 1.165) is 0 Å². The summed E-state index contributed by atoms with van der Waals surface area (Å²) >= 11 is 0. The number of benzene rings is 1. The smallest absolute Gasteiger partial charge is 0.255 e. The summed E-state index contributed by atoms with van der Waals surface area (Å²) in [7, 11) is 6.86. The second-order valence-electron chi connectivity index (χ2n) is 9.99. The minimum absolute atomic E-state index is 0.0305. The summed E-state index contributed by atoms with van der Waals surface area (Å²) in [6.07, 6.45) is 0.237. The number of fused-ring (bicyclic) bond motifs is 3. The number of likely N-dealkylation sites (N-methyl/N-ethyl adjacent to an activating group) is 1. The highest BCUT2D eigenvalue weighted by Gasteiger charge is 2.64. The van der Waals surface area contributed by atoms with Crippen LogP contribution >= 0.6 is 0 Å². The van der Waals surface area contributed by atoms with Crippen molar-refractivity contribution < 1.29 is 34.8 Å². The molecule has 4 atom stereocenters. The number of aliphatic hydroxyl groups is 3. The van der Waals surface area contributed by atoms with Gasteiger partial charge in [-0.2, -0.15) is 0 Å². The van der Waals surface area contributed by atoms with Gasteiger partial charge >= 0.3 is 0 Å². The number of phenols is 1. The van der Waals surface area contributed by atoms with Crippen LogP contribution in [0.2, 0.25) is 0 Å². The van der Waals surface area contributed by atoms with Crippen molar-refractivity contribution in [2.75, 3.05) is 34.7 Å².